The lowest BCUT2D eigenvalue weighted by molar-refractivity contribution is 0.0597. The van der Waals surface area contributed by atoms with Crippen LogP contribution in [0.5, 0.6) is 5.75 Å². The molecule has 0 radical (unpaired) electrons. The Kier molecular flexibility index (Phi) is 3.08. The average molecular weight is 202 g/mol. The molecule has 13 heavy (non-hydrogen) atoms. The molecule has 4 nitrogen and oxygen atoms in total. The van der Waals surface area contributed by atoms with Crippen LogP contribution in [0.4, 0.5) is 0 Å². The van der Waals surface area contributed by atoms with Crippen LogP contribution in [0.25, 0.3) is 0 Å². The molecule has 0 aromatic carbocycles. The Morgan fingerprint density at radius 3 is 2.69 bits per heavy atom. The van der Waals surface area contributed by atoms with Gasteiger partial charge in [-0.2, -0.15) is 0 Å². The molecule has 0 aliphatic rings. The maximum atomic E-state index is 11.2. The maximum Gasteiger partial charge on any atom is 0.343 e. The number of pyridine rings is 1. The van der Waals surface area contributed by atoms with Crippen molar-refractivity contribution < 1.29 is 14.3 Å². The third-order valence-electron chi connectivity index (χ3n) is 1.47. The Morgan fingerprint density at radius 1 is 1.46 bits per heavy atom. The molecule has 1 rings (SSSR count). The van der Waals surface area contributed by atoms with Crippen LogP contribution in [0.15, 0.2) is 12.4 Å². The van der Waals surface area contributed by atoms with Crippen molar-refractivity contribution in [3.63, 3.8) is 0 Å². The van der Waals surface area contributed by atoms with Gasteiger partial charge in [-0.15, -0.1) is 0 Å². The number of methoxy groups -OCH3 is 2. The molecule has 0 bridgehead atoms. The summed E-state index contributed by atoms with van der Waals surface area (Å²) in [4.78, 5) is 15.0. The SMILES string of the molecule is COC(=O)c1c(Cl)cncc1OC. The van der Waals surface area contributed by atoms with Gasteiger partial charge in [0.2, 0.25) is 0 Å². The lowest BCUT2D eigenvalue weighted by Gasteiger charge is -2.06. The number of carbonyl (C=O) groups excluding carboxylic acids is 1. The first kappa shape index (κ1) is 9.80. The molecule has 0 spiro atoms. The zero-order chi connectivity index (χ0) is 9.84. The third kappa shape index (κ3) is 1.89. The van der Waals surface area contributed by atoms with Gasteiger partial charge in [0.1, 0.15) is 5.56 Å². The third-order valence-corrected chi connectivity index (χ3v) is 1.76. The number of nitrogens with zero attached hydrogens (tertiary/aromatic N) is 1. The van der Waals surface area contributed by atoms with Gasteiger partial charge in [-0.25, -0.2) is 4.79 Å². The Bertz CT molecular complexity index is 327. The molecule has 5 heteroatoms. The highest BCUT2D eigenvalue weighted by Gasteiger charge is 2.16. The molecule has 70 valence electrons. The van der Waals surface area contributed by atoms with E-state index in [1.54, 1.807) is 0 Å². The first-order valence-electron chi connectivity index (χ1n) is 3.46. The molecule has 0 fully saturated rings. The van der Waals surface area contributed by atoms with E-state index in [1.165, 1.54) is 26.6 Å². The monoisotopic (exact) mass is 201 g/mol. The highest BCUT2D eigenvalue weighted by molar-refractivity contribution is 6.33. The first-order chi connectivity index (χ1) is 6.20. The minimum absolute atomic E-state index is 0.196. The Hall–Kier alpha value is -1.29. The van der Waals surface area contributed by atoms with E-state index in [0.29, 0.717) is 5.75 Å². The van der Waals surface area contributed by atoms with Gasteiger partial charge in [0.15, 0.2) is 5.75 Å². The summed E-state index contributed by atoms with van der Waals surface area (Å²) < 4.78 is 9.43. The van der Waals surface area contributed by atoms with E-state index in [2.05, 4.69) is 9.72 Å². The van der Waals surface area contributed by atoms with Crippen molar-refractivity contribution in [2.24, 2.45) is 0 Å². The number of carbonyl (C=O) groups is 1. The number of rotatable bonds is 2. The van der Waals surface area contributed by atoms with Gasteiger partial charge in [-0.1, -0.05) is 11.6 Å². The molecule has 1 aromatic heterocycles. The van der Waals surface area contributed by atoms with Crippen LogP contribution in [0.1, 0.15) is 10.4 Å². The smallest absolute Gasteiger partial charge is 0.343 e. The van der Waals surface area contributed by atoms with Gasteiger partial charge in [0.25, 0.3) is 0 Å². The summed E-state index contributed by atoms with van der Waals surface area (Å²) in [6.07, 6.45) is 2.76. The number of esters is 1. The van der Waals surface area contributed by atoms with E-state index in [9.17, 15) is 4.79 Å². The van der Waals surface area contributed by atoms with Crippen molar-refractivity contribution >= 4 is 17.6 Å². The normalized spacial score (nSPS) is 9.46. The van der Waals surface area contributed by atoms with E-state index < -0.39 is 5.97 Å². The fourth-order valence-electron chi connectivity index (χ4n) is 0.872. The second-order valence-corrected chi connectivity index (χ2v) is 2.60. The minimum Gasteiger partial charge on any atom is -0.494 e. The number of hydrogen-bond donors (Lipinski definition) is 0. The maximum absolute atomic E-state index is 11.2. The van der Waals surface area contributed by atoms with Crippen molar-refractivity contribution in [2.45, 2.75) is 0 Å². The van der Waals surface area contributed by atoms with E-state index in [0.717, 1.165) is 0 Å². The average Bonchev–Trinajstić information content (AvgIpc) is 2.16. The first-order valence-corrected chi connectivity index (χ1v) is 3.84. The van der Waals surface area contributed by atoms with E-state index in [-0.39, 0.29) is 10.6 Å². The summed E-state index contributed by atoms with van der Waals surface area (Å²) in [6, 6.07) is 0. The molecule has 0 saturated carbocycles. The van der Waals surface area contributed by atoms with Crippen molar-refractivity contribution in [3.8, 4) is 5.75 Å². The van der Waals surface area contributed by atoms with Gasteiger partial charge < -0.3 is 9.47 Å². The largest absolute Gasteiger partial charge is 0.494 e. The summed E-state index contributed by atoms with van der Waals surface area (Å²) in [5, 5.41) is 0.214. The zero-order valence-electron chi connectivity index (χ0n) is 7.20. The van der Waals surface area contributed by atoms with Gasteiger partial charge in [-0.3, -0.25) is 4.98 Å². The van der Waals surface area contributed by atoms with Crippen molar-refractivity contribution in [1.82, 2.24) is 4.98 Å². The van der Waals surface area contributed by atoms with Crippen LogP contribution >= 0.6 is 11.6 Å². The van der Waals surface area contributed by atoms with Crippen molar-refractivity contribution in [1.29, 1.82) is 0 Å². The van der Waals surface area contributed by atoms with Gasteiger partial charge >= 0.3 is 5.97 Å². The molecule has 1 heterocycles. The Morgan fingerprint density at radius 2 is 2.15 bits per heavy atom. The molecule has 0 aliphatic heterocycles. The molecule has 0 aliphatic carbocycles. The number of aromatic nitrogens is 1. The standard InChI is InChI=1S/C8H8ClNO3/c1-12-6-4-10-3-5(9)7(6)8(11)13-2/h3-4H,1-2H3. The molecule has 0 N–H and O–H groups in total. The van der Waals surface area contributed by atoms with Crippen LogP contribution < -0.4 is 4.74 Å². The van der Waals surface area contributed by atoms with Gasteiger partial charge in [0, 0.05) is 6.20 Å². The quantitative estimate of drug-likeness (QED) is 0.681. The summed E-state index contributed by atoms with van der Waals surface area (Å²) in [5.74, 6) is -0.233. The predicted octanol–water partition coefficient (Wildman–Crippen LogP) is 1.53. The lowest BCUT2D eigenvalue weighted by atomic mass is 10.2. The van der Waals surface area contributed by atoms with Crippen LogP contribution in [0.2, 0.25) is 5.02 Å². The van der Waals surface area contributed by atoms with Crippen LogP contribution in [0, 0.1) is 0 Å². The van der Waals surface area contributed by atoms with Gasteiger partial charge in [0.05, 0.1) is 25.4 Å². The van der Waals surface area contributed by atoms with E-state index in [4.69, 9.17) is 16.3 Å². The summed E-state index contributed by atoms with van der Waals surface area (Å²) in [6.45, 7) is 0. The number of ether oxygens (including phenoxy) is 2. The number of hydrogen-bond acceptors (Lipinski definition) is 4. The fraction of sp³-hybridized carbons (Fsp3) is 0.250. The highest BCUT2D eigenvalue weighted by Crippen LogP contribution is 2.25. The summed E-state index contributed by atoms with van der Waals surface area (Å²) in [5.41, 5.74) is 0.196. The molecule has 0 unspecified atom stereocenters. The van der Waals surface area contributed by atoms with Gasteiger partial charge in [-0.05, 0) is 0 Å². The summed E-state index contributed by atoms with van der Waals surface area (Å²) in [7, 11) is 2.71. The molecule has 0 atom stereocenters. The highest BCUT2D eigenvalue weighted by atomic mass is 35.5. The fourth-order valence-corrected chi connectivity index (χ4v) is 1.10. The Balaban J connectivity index is 3.22. The lowest BCUT2D eigenvalue weighted by Crippen LogP contribution is -2.05. The van der Waals surface area contributed by atoms with Crippen molar-refractivity contribution in [3.05, 3.63) is 23.0 Å². The summed E-state index contributed by atoms with van der Waals surface area (Å²) >= 11 is 5.74. The van der Waals surface area contributed by atoms with E-state index >= 15 is 0 Å². The molecular weight excluding hydrogens is 194 g/mol. The molecule has 0 amide bonds. The molecule has 1 aromatic rings. The van der Waals surface area contributed by atoms with Crippen LogP contribution in [-0.2, 0) is 4.74 Å². The minimum atomic E-state index is -0.538. The van der Waals surface area contributed by atoms with Crippen molar-refractivity contribution in [2.75, 3.05) is 14.2 Å². The molecular formula is C8H8ClNO3. The van der Waals surface area contributed by atoms with E-state index in [1.807, 2.05) is 0 Å². The second-order valence-electron chi connectivity index (χ2n) is 2.19. The van der Waals surface area contributed by atoms with Crippen LogP contribution in [-0.4, -0.2) is 25.2 Å². The second kappa shape index (κ2) is 4.09. The molecule has 0 saturated heterocycles. The predicted molar refractivity (Wildman–Crippen MR) is 47.1 cm³/mol. The van der Waals surface area contributed by atoms with Crippen LogP contribution in [0.3, 0.4) is 0 Å². The topological polar surface area (TPSA) is 48.4 Å². The number of halogens is 1. The zero-order valence-corrected chi connectivity index (χ0v) is 7.96. The Labute approximate surface area is 80.4 Å².